The van der Waals surface area contributed by atoms with Crippen molar-refractivity contribution in [2.75, 3.05) is 13.2 Å². The zero-order valence-corrected chi connectivity index (χ0v) is 9.55. The van der Waals surface area contributed by atoms with E-state index in [1.165, 1.54) is 32.1 Å². The lowest BCUT2D eigenvalue weighted by Gasteiger charge is -2.32. The second-order valence-electron chi connectivity index (χ2n) is 4.95. The minimum Gasteiger partial charge on any atom is -0.465 e. The Labute approximate surface area is 91.6 Å². The summed E-state index contributed by atoms with van der Waals surface area (Å²) in [6, 6.07) is -0.0388. The van der Waals surface area contributed by atoms with Crippen molar-refractivity contribution in [1.29, 1.82) is 0 Å². The van der Waals surface area contributed by atoms with Gasteiger partial charge in [-0.2, -0.15) is 0 Å². The van der Waals surface area contributed by atoms with Crippen molar-refractivity contribution in [2.24, 2.45) is 5.41 Å². The Morgan fingerprint density at radius 1 is 1.40 bits per heavy atom. The number of esters is 1. The summed E-state index contributed by atoms with van der Waals surface area (Å²) in [5.74, 6) is -0.0556. The quantitative estimate of drug-likeness (QED) is 0.709. The Morgan fingerprint density at radius 3 is 2.80 bits per heavy atom. The minimum absolute atomic E-state index is 0.0388. The van der Waals surface area contributed by atoms with Gasteiger partial charge in [-0.15, -0.1) is 0 Å². The van der Waals surface area contributed by atoms with Gasteiger partial charge in [-0.25, -0.2) is 0 Å². The van der Waals surface area contributed by atoms with Crippen molar-refractivity contribution in [2.45, 2.75) is 51.5 Å². The largest absolute Gasteiger partial charge is 0.465 e. The van der Waals surface area contributed by atoms with Gasteiger partial charge in [-0.05, 0) is 31.6 Å². The van der Waals surface area contributed by atoms with Crippen LogP contribution in [0.3, 0.4) is 0 Å². The van der Waals surface area contributed by atoms with Gasteiger partial charge in [0.15, 0.2) is 0 Å². The first kappa shape index (κ1) is 10.9. The third kappa shape index (κ3) is 2.33. The van der Waals surface area contributed by atoms with Crippen LogP contribution in [0.2, 0.25) is 0 Å². The molecule has 86 valence electrons. The van der Waals surface area contributed by atoms with E-state index in [0.29, 0.717) is 12.0 Å². The fourth-order valence-corrected chi connectivity index (χ4v) is 3.01. The van der Waals surface area contributed by atoms with Gasteiger partial charge in [0.05, 0.1) is 6.61 Å². The fraction of sp³-hybridized carbons (Fsp3) is 0.917. The van der Waals surface area contributed by atoms with E-state index in [9.17, 15) is 4.79 Å². The first-order valence-corrected chi connectivity index (χ1v) is 6.16. The average molecular weight is 211 g/mol. The van der Waals surface area contributed by atoms with Crippen LogP contribution in [0.25, 0.3) is 0 Å². The normalized spacial score (nSPS) is 29.3. The zero-order valence-electron chi connectivity index (χ0n) is 9.55. The smallest absolute Gasteiger partial charge is 0.323 e. The Bertz CT molecular complexity index is 234. The second kappa shape index (κ2) is 4.52. The third-order valence-corrected chi connectivity index (χ3v) is 3.85. The first-order chi connectivity index (χ1) is 7.26. The molecule has 0 aromatic heterocycles. The van der Waals surface area contributed by atoms with E-state index in [-0.39, 0.29) is 12.0 Å². The lowest BCUT2D eigenvalue weighted by atomic mass is 9.73. The molecule has 2 rings (SSSR count). The van der Waals surface area contributed by atoms with Crippen LogP contribution in [0.5, 0.6) is 0 Å². The van der Waals surface area contributed by atoms with Crippen molar-refractivity contribution in [3.8, 4) is 0 Å². The maximum atomic E-state index is 11.6. The summed E-state index contributed by atoms with van der Waals surface area (Å²) in [6.07, 6.45) is 7.60. The van der Waals surface area contributed by atoms with E-state index in [0.717, 1.165) is 13.0 Å². The maximum Gasteiger partial charge on any atom is 0.323 e. The molecular formula is C12H21NO2. The van der Waals surface area contributed by atoms with Gasteiger partial charge in [-0.3, -0.25) is 4.79 Å². The molecule has 0 unspecified atom stereocenters. The van der Waals surface area contributed by atoms with Crippen LogP contribution in [-0.4, -0.2) is 25.2 Å². The monoisotopic (exact) mass is 211 g/mol. The predicted molar refractivity (Wildman–Crippen MR) is 58.6 cm³/mol. The molecule has 0 amide bonds. The van der Waals surface area contributed by atoms with Gasteiger partial charge in [0, 0.05) is 6.54 Å². The predicted octanol–water partition coefficient (Wildman–Crippen LogP) is 1.86. The summed E-state index contributed by atoms with van der Waals surface area (Å²) in [5, 5.41) is 3.33. The number of carbonyl (C=O) groups is 1. The standard InChI is InChI=1S/C12H21NO2/c1-2-15-11(14)10-8-12(9-13-10)6-4-3-5-7-12/h10,13H,2-9H2,1H3/t10-/m0/s1. The molecule has 1 atom stereocenters. The van der Waals surface area contributed by atoms with E-state index < -0.39 is 0 Å². The first-order valence-electron chi connectivity index (χ1n) is 6.16. The van der Waals surface area contributed by atoms with Gasteiger partial charge in [0.1, 0.15) is 6.04 Å². The molecule has 1 saturated heterocycles. The lowest BCUT2D eigenvalue weighted by molar-refractivity contribution is -0.145. The molecule has 1 aliphatic carbocycles. The van der Waals surface area contributed by atoms with Crippen LogP contribution >= 0.6 is 0 Å². The molecule has 1 saturated carbocycles. The van der Waals surface area contributed by atoms with Crippen molar-refractivity contribution in [1.82, 2.24) is 5.32 Å². The SMILES string of the molecule is CCOC(=O)[C@@H]1CC2(CCCCC2)CN1. The van der Waals surface area contributed by atoms with Crippen molar-refractivity contribution < 1.29 is 9.53 Å². The molecule has 2 aliphatic rings. The number of hydrogen-bond acceptors (Lipinski definition) is 3. The molecular weight excluding hydrogens is 190 g/mol. The minimum atomic E-state index is -0.0556. The van der Waals surface area contributed by atoms with Crippen LogP contribution in [0, 0.1) is 5.41 Å². The van der Waals surface area contributed by atoms with Gasteiger partial charge >= 0.3 is 5.97 Å². The highest BCUT2D eigenvalue weighted by atomic mass is 16.5. The number of carbonyl (C=O) groups excluding carboxylic acids is 1. The average Bonchev–Trinajstić information content (AvgIpc) is 2.64. The molecule has 1 aliphatic heterocycles. The topological polar surface area (TPSA) is 38.3 Å². The van der Waals surface area contributed by atoms with Gasteiger partial charge in [0.2, 0.25) is 0 Å². The van der Waals surface area contributed by atoms with Crippen LogP contribution in [0.15, 0.2) is 0 Å². The second-order valence-corrected chi connectivity index (χ2v) is 4.95. The fourth-order valence-electron chi connectivity index (χ4n) is 3.01. The highest BCUT2D eigenvalue weighted by Gasteiger charge is 2.42. The lowest BCUT2D eigenvalue weighted by Crippen LogP contribution is -2.32. The van der Waals surface area contributed by atoms with Gasteiger partial charge < -0.3 is 10.1 Å². The van der Waals surface area contributed by atoms with Crippen molar-refractivity contribution in [3.63, 3.8) is 0 Å². The van der Waals surface area contributed by atoms with Gasteiger partial charge in [-0.1, -0.05) is 19.3 Å². The Morgan fingerprint density at radius 2 is 2.13 bits per heavy atom. The van der Waals surface area contributed by atoms with Crippen molar-refractivity contribution >= 4 is 5.97 Å². The molecule has 2 fully saturated rings. The summed E-state index contributed by atoms with van der Waals surface area (Å²) in [4.78, 5) is 11.6. The van der Waals surface area contributed by atoms with Crippen LogP contribution in [0.1, 0.15) is 45.4 Å². The van der Waals surface area contributed by atoms with E-state index in [1.807, 2.05) is 6.92 Å². The molecule has 0 radical (unpaired) electrons. The van der Waals surface area contributed by atoms with Crippen LogP contribution in [0.4, 0.5) is 0 Å². The Hall–Kier alpha value is -0.570. The molecule has 0 aromatic carbocycles. The molecule has 1 spiro atoms. The highest BCUT2D eigenvalue weighted by Crippen LogP contribution is 2.42. The van der Waals surface area contributed by atoms with Crippen molar-refractivity contribution in [3.05, 3.63) is 0 Å². The Balaban J connectivity index is 1.90. The zero-order chi connectivity index (χ0) is 10.7. The summed E-state index contributed by atoms with van der Waals surface area (Å²) in [6.45, 7) is 3.36. The molecule has 3 nitrogen and oxygen atoms in total. The molecule has 0 aromatic rings. The Kier molecular flexibility index (Phi) is 3.29. The molecule has 15 heavy (non-hydrogen) atoms. The summed E-state index contributed by atoms with van der Waals surface area (Å²) in [5.41, 5.74) is 0.412. The summed E-state index contributed by atoms with van der Waals surface area (Å²) < 4.78 is 5.06. The number of ether oxygens (including phenoxy) is 1. The molecule has 0 bridgehead atoms. The van der Waals surface area contributed by atoms with E-state index >= 15 is 0 Å². The van der Waals surface area contributed by atoms with E-state index in [4.69, 9.17) is 4.74 Å². The number of rotatable bonds is 2. The summed E-state index contributed by atoms with van der Waals surface area (Å²) in [7, 11) is 0. The maximum absolute atomic E-state index is 11.6. The highest BCUT2D eigenvalue weighted by molar-refractivity contribution is 5.76. The third-order valence-electron chi connectivity index (χ3n) is 3.85. The van der Waals surface area contributed by atoms with E-state index in [2.05, 4.69) is 5.32 Å². The van der Waals surface area contributed by atoms with Crippen LogP contribution in [-0.2, 0) is 9.53 Å². The van der Waals surface area contributed by atoms with Gasteiger partial charge in [0.25, 0.3) is 0 Å². The number of nitrogens with one attached hydrogen (secondary N) is 1. The molecule has 1 heterocycles. The molecule has 3 heteroatoms. The van der Waals surface area contributed by atoms with E-state index in [1.54, 1.807) is 0 Å². The van der Waals surface area contributed by atoms with Crippen LogP contribution < -0.4 is 5.32 Å². The number of hydrogen-bond donors (Lipinski definition) is 1. The molecule has 1 N–H and O–H groups in total. The summed E-state index contributed by atoms with van der Waals surface area (Å²) >= 11 is 0.